The van der Waals surface area contributed by atoms with E-state index < -0.39 is 10.0 Å². The van der Waals surface area contributed by atoms with Gasteiger partial charge in [-0.25, -0.2) is 13.8 Å². The molecule has 0 spiro atoms. The SMILES string of the molecule is C/C(=N/NC(=O)c1ccc(CN(c2cc(Cl)ccc2C)S(=O)(=O)c2ccccc2)cc1)c1ccc(Br)cc1. The van der Waals surface area contributed by atoms with Gasteiger partial charge in [-0.05, 0) is 79.1 Å². The molecule has 9 heteroatoms. The molecule has 0 heterocycles. The van der Waals surface area contributed by atoms with E-state index in [-0.39, 0.29) is 17.3 Å². The number of benzene rings is 4. The summed E-state index contributed by atoms with van der Waals surface area (Å²) in [6.45, 7) is 3.71. The topological polar surface area (TPSA) is 78.8 Å². The van der Waals surface area contributed by atoms with Gasteiger partial charge in [0, 0.05) is 15.1 Å². The highest BCUT2D eigenvalue weighted by atomic mass is 79.9. The molecular formula is C29H25BrClN3O3S. The molecule has 0 aliphatic rings. The average Bonchev–Trinajstić information content (AvgIpc) is 2.92. The van der Waals surface area contributed by atoms with E-state index in [0.29, 0.717) is 27.5 Å². The predicted octanol–water partition coefficient (Wildman–Crippen LogP) is 6.96. The molecule has 0 saturated heterocycles. The highest BCUT2D eigenvalue weighted by molar-refractivity contribution is 9.10. The van der Waals surface area contributed by atoms with Crippen molar-refractivity contribution >= 4 is 54.9 Å². The second-order valence-corrected chi connectivity index (χ2v) is 11.8. The van der Waals surface area contributed by atoms with Crippen LogP contribution in [0.3, 0.4) is 0 Å². The number of hydrogen-bond acceptors (Lipinski definition) is 4. The van der Waals surface area contributed by atoms with Crippen molar-refractivity contribution in [2.75, 3.05) is 4.31 Å². The number of nitrogens with zero attached hydrogens (tertiary/aromatic N) is 2. The van der Waals surface area contributed by atoms with Crippen LogP contribution in [0.5, 0.6) is 0 Å². The number of rotatable bonds is 8. The summed E-state index contributed by atoms with van der Waals surface area (Å²) in [5.74, 6) is -0.368. The Labute approximate surface area is 236 Å². The molecule has 4 rings (SSSR count). The average molecular weight is 611 g/mol. The van der Waals surface area contributed by atoms with Gasteiger partial charge in [0.05, 0.1) is 22.8 Å². The fourth-order valence-corrected chi connectivity index (χ4v) is 5.71. The lowest BCUT2D eigenvalue weighted by Crippen LogP contribution is -2.31. The summed E-state index contributed by atoms with van der Waals surface area (Å²) in [5.41, 5.74) is 6.49. The van der Waals surface area contributed by atoms with E-state index >= 15 is 0 Å². The number of anilines is 1. The summed E-state index contributed by atoms with van der Waals surface area (Å²) >= 11 is 9.63. The third kappa shape index (κ3) is 6.51. The van der Waals surface area contributed by atoms with Gasteiger partial charge < -0.3 is 0 Å². The number of sulfonamides is 1. The number of carbonyl (C=O) groups excluding carboxylic acids is 1. The molecular weight excluding hydrogens is 586 g/mol. The van der Waals surface area contributed by atoms with Crippen LogP contribution in [0.25, 0.3) is 0 Å². The van der Waals surface area contributed by atoms with Crippen molar-refractivity contribution in [1.82, 2.24) is 5.43 Å². The molecule has 6 nitrogen and oxygen atoms in total. The summed E-state index contributed by atoms with van der Waals surface area (Å²) in [7, 11) is -3.89. The minimum Gasteiger partial charge on any atom is -0.267 e. The van der Waals surface area contributed by atoms with Crippen LogP contribution in [0.15, 0.2) is 112 Å². The smallest absolute Gasteiger partial charge is 0.267 e. The minimum absolute atomic E-state index is 0.0567. The lowest BCUT2D eigenvalue weighted by atomic mass is 10.1. The first-order valence-electron chi connectivity index (χ1n) is 11.7. The molecule has 38 heavy (non-hydrogen) atoms. The maximum Gasteiger partial charge on any atom is 0.271 e. The lowest BCUT2D eigenvalue weighted by Gasteiger charge is -2.26. The zero-order valence-corrected chi connectivity index (χ0v) is 23.9. The van der Waals surface area contributed by atoms with Crippen molar-refractivity contribution in [2.24, 2.45) is 5.10 Å². The number of hydrazone groups is 1. The third-order valence-corrected chi connectivity index (χ3v) is 8.44. The lowest BCUT2D eigenvalue weighted by molar-refractivity contribution is 0.0955. The molecule has 0 aromatic heterocycles. The Bertz CT molecular complexity index is 1570. The second-order valence-electron chi connectivity index (χ2n) is 8.60. The fraction of sp³-hybridized carbons (Fsp3) is 0.103. The summed E-state index contributed by atoms with van der Waals surface area (Å²) in [5, 5.41) is 4.63. The van der Waals surface area contributed by atoms with Gasteiger partial charge >= 0.3 is 0 Å². The third-order valence-electron chi connectivity index (χ3n) is 5.90. The molecule has 0 radical (unpaired) electrons. The molecule has 1 N–H and O–H groups in total. The first-order valence-corrected chi connectivity index (χ1v) is 14.3. The number of aryl methyl sites for hydroxylation is 1. The number of hydrogen-bond donors (Lipinski definition) is 1. The maximum absolute atomic E-state index is 13.7. The molecule has 0 bridgehead atoms. The number of carbonyl (C=O) groups is 1. The Kier molecular flexibility index (Phi) is 8.66. The Hall–Kier alpha value is -3.46. The molecule has 4 aromatic carbocycles. The molecule has 0 atom stereocenters. The Morgan fingerprint density at radius 2 is 1.55 bits per heavy atom. The van der Waals surface area contributed by atoms with Gasteiger partial charge in [-0.15, -0.1) is 0 Å². The quantitative estimate of drug-likeness (QED) is 0.173. The van der Waals surface area contributed by atoms with Crippen molar-refractivity contribution in [3.63, 3.8) is 0 Å². The summed E-state index contributed by atoms with van der Waals surface area (Å²) in [6, 6.07) is 27.8. The molecule has 194 valence electrons. The molecule has 0 saturated carbocycles. The van der Waals surface area contributed by atoms with Crippen molar-refractivity contribution in [1.29, 1.82) is 0 Å². The summed E-state index contributed by atoms with van der Waals surface area (Å²) < 4.78 is 29.6. The Balaban J connectivity index is 1.57. The van der Waals surface area contributed by atoms with Gasteiger partial charge in [0.1, 0.15) is 0 Å². The molecule has 0 unspecified atom stereocenters. The largest absolute Gasteiger partial charge is 0.271 e. The highest BCUT2D eigenvalue weighted by Crippen LogP contribution is 2.31. The maximum atomic E-state index is 13.7. The van der Waals surface area contributed by atoms with E-state index in [0.717, 1.165) is 15.6 Å². The molecule has 4 aromatic rings. The first kappa shape index (κ1) is 27.6. The zero-order chi connectivity index (χ0) is 27.3. The van der Waals surface area contributed by atoms with Gasteiger partial charge in [-0.1, -0.05) is 76.1 Å². The standard InChI is InChI=1S/C29H25BrClN3O3S/c1-20-8-17-26(31)18-28(20)34(38(36,37)27-6-4-3-5-7-27)19-22-9-11-24(12-10-22)29(35)33-32-21(2)23-13-15-25(30)16-14-23/h3-18H,19H2,1-2H3,(H,33,35)/b32-21-. The van der Waals surface area contributed by atoms with Crippen LogP contribution < -0.4 is 9.73 Å². The van der Waals surface area contributed by atoms with Crippen molar-refractivity contribution in [3.8, 4) is 0 Å². The van der Waals surface area contributed by atoms with Crippen molar-refractivity contribution in [2.45, 2.75) is 25.3 Å². The zero-order valence-electron chi connectivity index (χ0n) is 20.7. The fourth-order valence-electron chi connectivity index (χ4n) is 3.75. The van der Waals surface area contributed by atoms with E-state index in [4.69, 9.17) is 11.6 Å². The van der Waals surface area contributed by atoms with Gasteiger partial charge in [0.2, 0.25) is 0 Å². The number of amides is 1. The van der Waals surface area contributed by atoms with Crippen LogP contribution in [-0.4, -0.2) is 20.0 Å². The first-order chi connectivity index (χ1) is 18.1. The molecule has 0 aliphatic carbocycles. The van der Waals surface area contributed by atoms with Crippen molar-refractivity contribution < 1.29 is 13.2 Å². The van der Waals surface area contributed by atoms with Crippen LogP contribution in [-0.2, 0) is 16.6 Å². The molecule has 0 fully saturated rings. The van der Waals surface area contributed by atoms with Gasteiger partial charge in [0.25, 0.3) is 15.9 Å². The van der Waals surface area contributed by atoms with E-state index in [9.17, 15) is 13.2 Å². The van der Waals surface area contributed by atoms with Gasteiger partial charge in [0.15, 0.2) is 0 Å². The Morgan fingerprint density at radius 1 is 0.921 bits per heavy atom. The minimum atomic E-state index is -3.89. The normalized spacial score (nSPS) is 11.7. The Morgan fingerprint density at radius 3 is 2.21 bits per heavy atom. The van der Waals surface area contributed by atoms with E-state index in [1.54, 1.807) is 72.8 Å². The highest BCUT2D eigenvalue weighted by Gasteiger charge is 2.26. The molecule has 0 aliphatic heterocycles. The van der Waals surface area contributed by atoms with Gasteiger partial charge in [-0.3, -0.25) is 9.10 Å². The van der Waals surface area contributed by atoms with Crippen LogP contribution >= 0.6 is 27.5 Å². The molecule has 1 amide bonds. The van der Waals surface area contributed by atoms with Crippen molar-refractivity contribution in [3.05, 3.63) is 129 Å². The van der Waals surface area contributed by atoms with E-state index in [1.807, 2.05) is 38.1 Å². The van der Waals surface area contributed by atoms with Crippen LogP contribution in [0.1, 0.15) is 34.0 Å². The summed E-state index contributed by atoms with van der Waals surface area (Å²) in [6.07, 6.45) is 0. The second kappa shape index (κ2) is 11.9. The number of halogens is 2. The number of nitrogens with one attached hydrogen (secondary N) is 1. The van der Waals surface area contributed by atoms with E-state index in [1.165, 1.54) is 4.31 Å². The van der Waals surface area contributed by atoms with Crippen LogP contribution in [0.2, 0.25) is 5.02 Å². The van der Waals surface area contributed by atoms with E-state index in [2.05, 4.69) is 26.5 Å². The monoisotopic (exact) mass is 609 g/mol. The van der Waals surface area contributed by atoms with Crippen LogP contribution in [0.4, 0.5) is 5.69 Å². The van der Waals surface area contributed by atoms with Crippen LogP contribution in [0, 0.1) is 6.92 Å². The van der Waals surface area contributed by atoms with Gasteiger partial charge in [-0.2, -0.15) is 5.10 Å². The predicted molar refractivity (Wildman–Crippen MR) is 156 cm³/mol. The summed E-state index contributed by atoms with van der Waals surface area (Å²) in [4.78, 5) is 12.8.